The molecule has 1 fully saturated rings. The van der Waals surface area contributed by atoms with Crippen molar-refractivity contribution in [3.8, 4) is 28.6 Å². The maximum atomic E-state index is 15.2. The van der Waals surface area contributed by atoms with Gasteiger partial charge in [-0.3, -0.25) is 0 Å². The van der Waals surface area contributed by atoms with Crippen molar-refractivity contribution in [3.05, 3.63) is 113 Å². The minimum Gasteiger partial charge on any atom is -0.497 e. The highest BCUT2D eigenvalue weighted by Gasteiger charge is 2.43. The molecule has 15 heteroatoms. The number of hydrogen-bond donors (Lipinski definition) is 1. The summed E-state index contributed by atoms with van der Waals surface area (Å²) in [6, 6.07) is 22.7. The normalized spacial score (nSPS) is 16.5. The Hall–Kier alpha value is -4.99. The molecular formula is C38H41F3N6O5S. The first-order chi connectivity index (χ1) is 25.4. The maximum absolute atomic E-state index is 15.2. The van der Waals surface area contributed by atoms with Gasteiger partial charge in [0.05, 0.1) is 33.4 Å². The topological polar surface area (TPSA) is 135 Å². The van der Waals surface area contributed by atoms with Gasteiger partial charge in [0.15, 0.2) is 0 Å². The van der Waals surface area contributed by atoms with Crippen LogP contribution in [0.25, 0.3) is 11.4 Å². The molecule has 1 saturated carbocycles. The van der Waals surface area contributed by atoms with Crippen LogP contribution in [0.3, 0.4) is 0 Å². The first-order valence-corrected chi connectivity index (χ1v) is 18.5. The van der Waals surface area contributed by atoms with E-state index in [0.717, 1.165) is 15.9 Å². The predicted molar refractivity (Wildman–Crippen MR) is 192 cm³/mol. The maximum Gasteiger partial charge on any atom is 0.417 e. The van der Waals surface area contributed by atoms with Crippen molar-refractivity contribution in [2.24, 2.45) is 5.73 Å². The van der Waals surface area contributed by atoms with Gasteiger partial charge in [-0.05, 0) is 102 Å². The number of ether oxygens (including phenoxy) is 3. The van der Waals surface area contributed by atoms with Gasteiger partial charge in [-0.2, -0.15) is 22.3 Å². The summed E-state index contributed by atoms with van der Waals surface area (Å²) >= 11 is 0. The van der Waals surface area contributed by atoms with Crippen LogP contribution in [0.1, 0.15) is 59.4 Å². The number of benzene rings is 4. The van der Waals surface area contributed by atoms with Crippen LogP contribution in [0.4, 0.5) is 13.2 Å². The lowest BCUT2D eigenvalue weighted by Crippen LogP contribution is -2.33. The fraction of sp³-hybridized carbons (Fsp3) is 0.342. The van der Waals surface area contributed by atoms with E-state index < -0.39 is 26.7 Å². The van der Waals surface area contributed by atoms with Crippen molar-refractivity contribution in [2.75, 3.05) is 21.3 Å². The molecule has 280 valence electrons. The van der Waals surface area contributed by atoms with Crippen molar-refractivity contribution >= 4 is 10.0 Å². The Morgan fingerprint density at radius 3 is 1.72 bits per heavy atom. The zero-order chi connectivity index (χ0) is 37.8. The van der Waals surface area contributed by atoms with Crippen molar-refractivity contribution in [2.45, 2.75) is 68.3 Å². The fourth-order valence-corrected chi connectivity index (χ4v) is 8.44. The standard InChI is InChI=1S/C38H41F3N6O5S/c1-50-30-14-4-25(5-15-30)22-46(23-26-6-16-31(51-2)17-7-26)53(48,49)36-34(38(39,40)41)21-20-33(28-10-12-29(42)13-11-28)35(36)37-43-45-47(44-37)24-27-8-18-32(52-3)19-9-27/h4-9,14-21,28-29H,10-13,22-24,42H2,1-3H3/t28-,29-. The quantitative estimate of drug-likeness (QED) is 0.138. The molecule has 1 aliphatic rings. The molecular weight excluding hydrogens is 710 g/mol. The van der Waals surface area contributed by atoms with Gasteiger partial charge in [0, 0.05) is 24.7 Å². The van der Waals surface area contributed by atoms with E-state index in [2.05, 4.69) is 15.4 Å². The number of tetrazole rings is 1. The Labute approximate surface area is 306 Å². The minimum absolute atomic E-state index is 0.0552. The van der Waals surface area contributed by atoms with Crippen LogP contribution in [-0.4, -0.2) is 60.3 Å². The predicted octanol–water partition coefficient (Wildman–Crippen LogP) is 6.81. The Kier molecular flexibility index (Phi) is 11.4. The van der Waals surface area contributed by atoms with E-state index in [0.29, 0.717) is 59.6 Å². The number of halogens is 3. The molecule has 0 amide bonds. The number of sulfonamides is 1. The summed E-state index contributed by atoms with van der Waals surface area (Å²) in [5.41, 5.74) is 6.94. The van der Waals surface area contributed by atoms with Gasteiger partial charge < -0.3 is 19.9 Å². The second-order valence-electron chi connectivity index (χ2n) is 13.0. The first kappa shape index (κ1) is 37.8. The molecule has 0 saturated heterocycles. The molecule has 11 nitrogen and oxygen atoms in total. The lowest BCUT2D eigenvalue weighted by Gasteiger charge is -2.30. The molecule has 0 radical (unpaired) electrons. The summed E-state index contributed by atoms with van der Waals surface area (Å²) in [4.78, 5) is 0.323. The average Bonchev–Trinajstić information content (AvgIpc) is 3.63. The second-order valence-corrected chi connectivity index (χ2v) is 14.9. The third-order valence-electron chi connectivity index (χ3n) is 9.50. The molecule has 53 heavy (non-hydrogen) atoms. The average molecular weight is 751 g/mol. The lowest BCUT2D eigenvalue weighted by molar-refractivity contribution is -0.139. The summed E-state index contributed by atoms with van der Waals surface area (Å²) in [6.45, 7) is -0.350. The Morgan fingerprint density at radius 2 is 1.25 bits per heavy atom. The van der Waals surface area contributed by atoms with E-state index in [1.807, 2.05) is 0 Å². The number of hydrogen-bond acceptors (Lipinski definition) is 9. The third-order valence-corrected chi connectivity index (χ3v) is 11.4. The summed E-state index contributed by atoms with van der Waals surface area (Å²) < 4.78 is 92.6. The Bertz CT molecular complexity index is 2050. The molecule has 1 heterocycles. The summed E-state index contributed by atoms with van der Waals surface area (Å²) in [6.07, 6.45) is -2.67. The second kappa shape index (κ2) is 15.9. The van der Waals surface area contributed by atoms with Gasteiger partial charge in [0.25, 0.3) is 0 Å². The summed E-state index contributed by atoms with van der Waals surface area (Å²) in [5.74, 6) is 1.23. The molecule has 4 aromatic carbocycles. The van der Waals surface area contributed by atoms with E-state index >= 15 is 21.6 Å². The van der Waals surface area contributed by atoms with Crippen molar-refractivity contribution in [1.82, 2.24) is 24.5 Å². The Morgan fingerprint density at radius 1 is 0.755 bits per heavy atom. The van der Waals surface area contributed by atoms with Crippen LogP contribution in [-0.2, 0) is 35.8 Å². The van der Waals surface area contributed by atoms with E-state index in [-0.39, 0.29) is 43.0 Å². The van der Waals surface area contributed by atoms with Gasteiger partial charge in [-0.15, -0.1) is 10.2 Å². The molecule has 1 aromatic heterocycles. The van der Waals surface area contributed by atoms with E-state index in [1.54, 1.807) is 79.9 Å². The molecule has 2 N–H and O–H groups in total. The number of alkyl halides is 3. The monoisotopic (exact) mass is 750 g/mol. The molecule has 6 rings (SSSR count). The lowest BCUT2D eigenvalue weighted by atomic mass is 9.80. The van der Waals surface area contributed by atoms with Crippen molar-refractivity contribution < 1.29 is 35.8 Å². The van der Waals surface area contributed by atoms with Crippen LogP contribution < -0.4 is 19.9 Å². The van der Waals surface area contributed by atoms with Crippen molar-refractivity contribution in [3.63, 3.8) is 0 Å². The van der Waals surface area contributed by atoms with Crippen LogP contribution in [0.5, 0.6) is 17.2 Å². The highest BCUT2D eigenvalue weighted by atomic mass is 32.2. The van der Waals surface area contributed by atoms with Gasteiger partial charge in [-0.1, -0.05) is 42.5 Å². The van der Waals surface area contributed by atoms with Gasteiger partial charge in [0.1, 0.15) is 22.1 Å². The largest absolute Gasteiger partial charge is 0.497 e. The number of rotatable bonds is 13. The molecule has 0 spiro atoms. The smallest absolute Gasteiger partial charge is 0.417 e. The van der Waals surface area contributed by atoms with Gasteiger partial charge in [0.2, 0.25) is 15.8 Å². The number of nitrogens with two attached hydrogens (primary N) is 1. The molecule has 0 bridgehead atoms. The zero-order valence-electron chi connectivity index (χ0n) is 29.6. The highest BCUT2D eigenvalue weighted by Crippen LogP contribution is 2.46. The van der Waals surface area contributed by atoms with Crippen LogP contribution in [0, 0.1) is 0 Å². The Balaban J connectivity index is 1.53. The van der Waals surface area contributed by atoms with Gasteiger partial charge >= 0.3 is 6.18 Å². The third kappa shape index (κ3) is 8.64. The molecule has 1 aliphatic carbocycles. The summed E-state index contributed by atoms with van der Waals surface area (Å²) in [5, 5.41) is 12.9. The van der Waals surface area contributed by atoms with E-state index in [4.69, 9.17) is 19.9 Å². The summed E-state index contributed by atoms with van der Waals surface area (Å²) in [7, 11) is -0.399. The molecule has 5 aromatic rings. The van der Waals surface area contributed by atoms with Crippen LogP contribution >= 0.6 is 0 Å². The SMILES string of the molecule is COc1ccc(CN(Cc2ccc(OC)cc2)S(=O)(=O)c2c(C(F)(F)F)ccc([C@H]3CC[C@H](N)CC3)c2-c2nnn(Cc3ccc(OC)cc3)n2)cc1. The highest BCUT2D eigenvalue weighted by molar-refractivity contribution is 7.89. The number of methoxy groups -OCH3 is 3. The van der Waals surface area contributed by atoms with Crippen molar-refractivity contribution in [1.29, 1.82) is 0 Å². The van der Waals surface area contributed by atoms with Gasteiger partial charge in [-0.25, -0.2) is 8.42 Å². The van der Waals surface area contributed by atoms with E-state index in [9.17, 15) is 0 Å². The zero-order valence-corrected chi connectivity index (χ0v) is 30.4. The minimum atomic E-state index is -5.05. The number of nitrogens with zero attached hydrogens (tertiary/aromatic N) is 5. The number of aromatic nitrogens is 4. The van der Waals surface area contributed by atoms with Crippen LogP contribution in [0.2, 0.25) is 0 Å². The van der Waals surface area contributed by atoms with E-state index in [1.165, 1.54) is 25.1 Å². The molecule has 0 atom stereocenters. The first-order valence-electron chi connectivity index (χ1n) is 17.1. The fourth-order valence-electron chi connectivity index (χ4n) is 6.62. The molecule has 0 aliphatic heterocycles. The molecule has 0 unspecified atom stereocenters. The van der Waals surface area contributed by atoms with Crippen LogP contribution in [0.15, 0.2) is 89.8 Å².